The van der Waals surface area contributed by atoms with Gasteiger partial charge in [0.05, 0.1) is 16.5 Å². The molecule has 1 saturated carbocycles. The molecule has 0 spiro atoms. The van der Waals surface area contributed by atoms with Crippen molar-refractivity contribution < 1.29 is 41.0 Å². The minimum Gasteiger partial charge on any atom is -0.506 e. The Morgan fingerprint density at radius 1 is 1.09 bits per heavy atom. The Hall–Kier alpha value is -2.95. The quantitative estimate of drug-likeness (QED) is 0.482. The number of halogens is 3. The van der Waals surface area contributed by atoms with Crippen LogP contribution in [0.5, 0.6) is 11.5 Å². The molecule has 0 amide bonds. The van der Waals surface area contributed by atoms with Gasteiger partial charge in [-0.25, -0.2) is 13.2 Å². The smallest absolute Gasteiger partial charge is 0.419 e. The molecule has 7 nitrogen and oxygen atoms in total. The minimum absolute atomic E-state index is 0.000299. The molecule has 0 bridgehead atoms. The van der Waals surface area contributed by atoms with Gasteiger partial charge in [0.2, 0.25) is 10.0 Å². The van der Waals surface area contributed by atoms with Gasteiger partial charge in [0, 0.05) is 12.1 Å². The van der Waals surface area contributed by atoms with Gasteiger partial charge >= 0.3 is 12.1 Å². The number of ether oxygens (including phenoxy) is 2. The summed E-state index contributed by atoms with van der Waals surface area (Å²) in [4.78, 5) is 12.6. The van der Waals surface area contributed by atoms with E-state index in [0.29, 0.717) is 30.3 Å². The van der Waals surface area contributed by atoms with Crippen LogP contribution < -0.4 is 9.04 Å². The molecule has 1 aliphatic rings. The van der Waals surface area contributed by atoms with Crippen molar-refractivity contribution in [2.45, 2.75) is 64.2 Å². The van der Waals surface area contributed by atoms with E-state index in [1.165, 1.54) is 16.4 Å². The van der Waals surface area contributed by atoms with Crippen LogP contribution in [0.25, 0.3) is 0 Å². The highest BCUT2D eigenvalue weighted by Crippen LogP contribution is 2.40. The van der Waals surface area contributed by atoms with E-state index < -0.39 is 44.6 Å². The lowest BCUT2D eigenvalue weighted by molar-refractivity contribution is -0.138. The number of sulfonamides is 1. The standard InChI is InChI=1S/C24H28F3NO6S/c1-5-28(35(31,32)18-11-12-18)16-7-9-17(10-8-16)33-14-15-6-13-19(24(25,26)27)21(29)20(15)22(30)34-23(2,3)4/h6-10,13,18,29H,5,11-12,14H2,1-4H3. The molecular formula is C24H28F3NO6S. The fourth-order valence-electron chi connectivity index (χ4n) is 3.46. The van der Waals surface area contributed by atoms with Crippen molar-refractivity contribution in [3.8, 4) is 11.5 Å². The molecule has 3 rings (SSSR count). The number of phenols is 1. The summed E-state index contributed by atoms with van der Waals surface area (Å²) >= 11 is 0. The van der Waals surface area contributed by atoms with Crippen LogP contribution in [0.15, 0.2) is 36.4 Å². The molecule has 0 saturated heterocycles. The van der Waals surface area contributed by atoms with Gasteiger partial charge in [0.25, 0.3) is 0 Å². The predicted molar refractivity (Wildman–Crippen MR) is 124 cm³/mol. The summed E-state index contributed by atoms with van der Waals surface area (Å²) in [6.45, 7) is 6.32. The first-order chi connectivity index (χ1) is 16.1. The predicted octanol–water partition coefficient (Wildman–Crippen LogP) is 5.26. The van der Waals surface area contributed by atoms with Crippen molar-refractivity contribution in [2.75, 3.05) is 10.8 Å². The third-order valence-electron chi connectivity index (χ3n) is 5.23. The zero-order chi connectivity index (χ0) is 26.2. The highest BCUT2D eigenvalue weighted by molar-refractivity contribution is 7.93. The average molecular weight is 516 g/mol. The molecule has 1 fully saturated rings. The van der Waals surface area contributed by atoms with Gasteiger partial charge in [0.1, 0.15) is 29.3 Å². The Labute approximate surface area is 202 Å². The van der Waals surface area contributed by atoms with E-state index in [1.54, 1.807) is 39.8 Å². The number of nitrogens with zero attached hydrogens (tertiary/aromatic N) is 1. The molecule has 0 radical (unpaired) electrons. The highest BCUT2D eigenvalue weighted by Gasteiger charge is 2.40. The Balaban J connectivity index is 1.85. The number of rotatable bonds is 8. The number of benzene rings is 2. The van der Waals surface area contributed by atoms with Crippen molar-refractivity contribution in [1.29, 1.82) is 0 Å². The van der Waals surface area contributed by atoms with Gasteiger partial charge < -0.3 is 14.6 Å². The van der Waals surface area contributed by atoms with Gasteiger partial charge in [-0.05, 0) is 70.9 Å². The molecule has 2 aromatic carbocycles. The summed E-state index contributed by atoms with van der Waals surface area (Å²) in [6.07, 6.45) is -3.60. The largest absolute Gasteiger partial charge is 0.506 e. The highest BCUT2D eigenvalue weighted by atomic mass is 32.2. The molecule has 0 heterocycles. The Morgan fingerprint density at radius 2 is 1.69 bits per heavy atom. The molecule has 0 aromatic heterocycles. The van der Waals surface area contributed by atoms with E-state index in [0.717, 1.165) is 6.07 Å². The molecule has 192 valence electrons. The maximum Gasteiger partial charge on any atom is 0.419 e. The molecule has 0 atom stereocenters. The van der Waals surface area contributed by atoms with Crippen LogP contribution in [0.3, 0.4) is 0 Å². The maximum atomic E-state index is 13.3. The van der Waals surface area contributed by atoms with Gasteiger partial charge in [-0.15, -0.1) is 0 Å². The molecule has 0 unspecified atom stereocenters. The molecule has 35 heavy (non-hydrogen) atoms. The third-order valence-corrected chi connectivity index (χ3v) is 7.63. The Kier molecular flexibility index (Phi) is 7.31. The number of hydrogen-bond acceptors (Lipinski definition) is 6. The van der Waals surface area contributed by atoms with Crippen LogP contribution in [0.4, 0.5) is 18.9 Å². The van der Waals surface area contributed by atoms with Crippen LogP contribution in [0, 0.1) is 0 Å². The van der Waals surface area contributed by atoms with Crippen molar-refractivity contribution >= 4 is 21.7 Å². The normalized spacial score (nSPS) is 14.5. The van der Waals surface area contributed by atoms with E-state index >= 15 is 0 Å². The number of esters is 1. The van der Waals surface area contributed by atoms with Crippen molar-refractivity contribution in [1.82, 2.24) is 0 Å². The van der Waals surface area contributed by atoms with E-state index in [4.69, 9.17) is 9.47 Å². The van der Waals surface area contributed by atoms with Gasteiger partial charge in [-0.2, -0.15) is 13.2 Å². The van der Waals surface area contributed by atoms with E-state index in [1.807, 2.05) is 0 Å². The number of carbonyl (C=O) groups is 1. The SMILES string of the molecule is CCN(c1ccc(OCc2ccc(C(F)(F)F)c(O)c2C(=O)OC(C)(C)C)cc1)S(=O)(=O)C1CC1. The second-order valence-electron chi connectivity index (χ2n) is 9.19. The average Bonchev–Trinajstić information content (AvgIpc) is 3.57. The lowest BCUT2D eigenvalue weighted by atomic mass is 10.0. The number of phenolic OH excluding ortho intramolecular Hbond substituents is 1. The second-order valence-corrected chi connectivity index (χ2v) is 11.3. The topological polar surface area (TPSA) is 93.1 Å². The molecule has 1 aliphatic carbocycles. The van der Waals surface area contributed by atoms with Gasteiger partial charge in [-0.1, -0.05) is 6.07 Å². The number of carbonyl (C=O) groups excluding carboxylic acids is 1. The van der Waals surface area contributed by atoms with Crippen molar-refractivity contribution in [2.24, 2.45) is 0 Å². The fraction of sp³-hybridized carbons (Fsp3) is 0.458. The first kappa shape index (κ1) is 26.7. The molecular weight excluding hydrogens is 487 g/mol. The van der Waals surface area contributed by atoms with Gasteiger partial charge in [-0.3, -0.25) is 4.31 Å². The summed E-state index contributed by atoms with van der Waals surface area (Å²) in [5.74, 6) is -2.05. The Bertz CT molecular complexity index is 1180. The van der Waals surface area contributed by atoms with Crippen LogP contribution >= 0.6 is 0 Å². The summed E-state index contributed by atoms with van der Waals surface area (Å²) in [5, 5.41) is 9.92. The van der Waals surface area contributed by atoms with Crippen molar-refractivity contribution in [3.63, 3.8) is 0 Å². The van der Waals surface area contributed by atoms with Crippen LogP contribution in [-0.2, 0) is 27.5 Å². The lowest BCUT2D eigenvalue weighted by Crippen LogP contribution is -2.33. The molecule has 1 N–H and O–H groups in total. The fourth-order valence-corrected chi connectivity index (χ4v) is 5.33. The first-order valence-corrected chi connectivity index (χ1v) is 12.5. The number of alkyl halides is 3. The van der Waals surface area contributed by atoms with Crippen LogP contribution in [-0.4, -0.2) is 36.9 Å². The van der Waals surface area contributed by atoms with Crippen LogP contribution in [0.1, 0.15) is 62.0 Å². The van der Waals surface area contributed by atoms with E-state index in [2.05, 4.69) is 0 Å². The number of anilines is 1. The zero-order valence-electron chi connectivity index (χ0n) is 19.8. The first-order valence-electron chi connectivity index (χ1n) is 11.0. The minimum atomic E-state index is -4.87. The zero-order valence-corrected chi connectivity index (χ0v) is 20.7. The summed E-state index contributed by atoms with van der Waals surface area (Å²) in [6, 6.07) is 7.91. The monoisotopic (exact) mass is 515 g/mol. The summed E-state index contributed by atoms with van der Waals surface area (Å²) < 4.78 is 77.2. The third kappa shape index (κ3) is 6.19. The molecule has 2 aromatic rings. The van der Waals surface area contributed by atoms with Crippen molar-refractivity contribution in [3.05, 3.63) is 53.1 Å². The summed E-state index contributed by atoms with van der Waals surface area (Å²) in [5.41, 5.74) is -2.52. The van der Waals surface area contributed by atoms with Crippen LogP contribution in [0.2, 0.25) is 0 Å². The summed E-state index contributed by atoms with van der Waals surface area (Å²) in [7, 11) is -3.43. The maximum absolute atomic E-state index is 13.3. The number of hydrogen-bond donors (Lipinski definition) is 1. The molecule has 0 aliphatic heterocycles. The lowest BCUT2D eigenvalue weighted by Gasteiger charge is -2.23. The second kappa shape index (κ2) is 9.60. The molecule has 11 heteroatoms. The van der Waals surface area contributed by atoms with E-state index in [9.17, 15) is 31.5 Å². The number of aromatic hydroxyl groups is 1. The van der Waals surface area contributed by atoms with E-state index in [-0.39, 0.29) is 24.0 Å². The van der Waals surface area contributed by atoms with Gasteiger partial charge in [0.15, 0.2) is 0 Å². The Morgan fingerprint density at radius 3 is 2.17 bits per heavy atom.